The SMILES string of the molecule is c1ccc(COc2ccc3c(-c4ccccc4)cccc3c2)cc1. The summed E-state index contributed by atoms with van der Waals surface area (Å²) in [5, 5.41) is 2.44. The maximum Gasteiger partial charge on any atom is 0.120 e. The summed E-state index contributed by atoms with van der Waals surface area (Å²) < 4.78 is 5.95. The molecule has 4 aromatic carbocycles. The Labute approximate surface area is 142 Å². The second kappa shape index (κ2) is 6.59. The van der Waals surface area contributed by atoms with Crippen LogP contribution in [-0.2, 0) is 6.61 Å². The van der Waals surface area contributed by atoms with Crippen LogP contribution < -0.4 is 4.74 Å². The van der Waals surface area contributed by atoms with Crippen LogP contribution in [0.3, 0.4) is 0 Å². The summed E-state index contributed by atoms with van der Waals surface area (Å²) in [5.74, 6) is 0.900. The zero-order valence-electron chi connectivity index (χ0n) is 13.4. The molecule has 1 heteroatoms. The quantitative estimate of drug-likeness (QED) is 0.443. The Morgan fingerprint density at radius 2 is 1.38 bits per heavy atom. The first-order valence-electron chi connectivity index (χ1n) is 8.15. The third-order valence-electron chi connectivity index (χ3n) is 4.18. The molecule has 0 aromatic heterocycles. The molecule has 116 valence electrons. The molecule has 0 aliphatic carbocycles. The molecule has 0 saturated heterocycles. The molecule has 0 fully saturated rings. The standard InChI is InChI=1S/C23H18O/c1-3-8-18(9-4-1)17-24-21-14-15-23-20(16-21)12-7-13-22(23)19-10-5-2-6-11-19/h1-16H,17H2. The highest BCUT2D eigenvalue weighted by molar-refractivity contribution is 5.97. The van der Waals surface area contributed by atoms with Gasteiger partial charge in [0, 0.05) is 0 Å². The summed E-state index contributed by atoms with van der Waals surface area (Å²) in [6, 6.07) is 33.5. The number of hydrogen-bond acceptors (Lipinski definition) is 1. The fourth-order valence-electron chi connectivity index (χ4n) is 2.96. The molecule has 0 amide bonds. The van der Waals surface area contributed by atoms with E-state index >= 15 is 0 Å². The minimum Gasteiger partial charge on any atom is -0.489 e. The van der Waals surface area contributed by atoms with Crippen LogP contribution in [0.25, 0.3) is 21.9 Å². The van der Waals surface area contributed by atoms with Crippen molar-refractivity contribution in [2.45, 2.75) is 6.61 Å². The molecule has 0 N–H and O–H groups in total. The van der Waals surface area contributed by atoms with Gasteiger partial charge in [0.25, 0.3) is 0 Å². The van der Waals surface area contributed by atoms with Crippen molar-refractivity contribution < 1.29 is 4.74 Å². The number of rotatable bonds is 4. The van der Waals surface area contributed by atoms with Gasteiger partial charge in [-0.3, -0.25) is 0 Å². The van der Waals surface area contributed by atoms with Crippen molar-refractivity contribution in [2.75, 3.05) is 0 Å². The third-order valence-corrected chi connectivity index (χ3v) is 4.18. The van der Waals surface area contributed by atoms with Gasteiger partial charge in [0.05, 0.1) is 0 Å². The number of fused-ring (bicyclic) bond motifs is 1. The molecule has 0 bridgehead atoms. The van der Waals surface area contributed by atoms with Gasteiger partial charge in [-0.2, -0.15) is 0 Å². The average molecular weight is 310 g/mol. The maximum atomic E-state index is 5.95. The highest BCUT2D eigenvalue weighted by Gasteiger charge is 2.05. The smallest absolute Gasteiger partial charge is 0.120 e. The molecular weight excluding hydrogens is 292 g/mol. The summed E-state index contributed by atoms with van der Waals surface area (Å²) >= 11 is 0. The van der Waals surface area contributed by atoms with E-state index in [-0.39, 0.29) is 0 Å². The molecule has 24 heavy (non-hydrogen) atoms. The van der Waals surface area contributed by atoms with E-state index in [4.69, 9.17) is 4.74 Å². The maximum absolute atomic E-state index is 5.95. The van der Waals surface area contributed by atoms with Crippen LogP contribution in [0.2, 0.25) is 0 Å². The van der Waals surface area contributed by atoms with E-state index in [1.807, 2.05) is 24.3 Å². The van der Waals surface area contributed by atoms with E-state index < -0.39 is 0 Å². The molecule has 0 unspecified atom stereocenters. The van der Waals surface area contributed by atoms with Crippen molar-refractivity contribution in [3.63, 3.8) is 0 Å². The fourth-order valence-corrected chi connectivity index (χ4v) is 2.96. The van der Waals surface area contributed by atoms with Gasteiger partial charge in [0.2, 0.25) is 0 Å². The van der Waals surface area contributed by atoms with E-state index in [9.17, 15) is 0 Å². The molecule has 0 spiro atoms. The summed E-state index contributed by atoms with van der Waals surface area (Å²) in [6.07, 6.45) is 0. The van der Waals surface area contributed by atoms with Crippen molar-refractivity contribution in [1.82, 2.24) is 0 Å². The first kappa shape index (κ1) is 14.5. The summed E-state index contributed by atoms with van der Waals surface area (Å²) in [5.41, 5.74) is 3.67. The molecule has 0 aliphatic rings. The summed E-state index contributed by atoms with van der Waals surface area (Å²) in [6.45, 7) is 0.588. The lowest BCUT2D eigenvalue weighted by atomic mass is 9.98. The monoisotopic (exact) mass is 310 g/mol. The highest BCUT2D eigenvalue weighted by atomic mass is 16.5. The summed E-state index contributed by atoms with van der Waals surface area (Å²) in [7, 11) is 0. The topological polar surface area (TPSA) is 9.23 Å². The van der Waals surface area contributed by atoms with E-state index in [2.05, 4.69) is 72.8 Å². The van der Waals surface area contributed by atoms with Crippen LogP contribution in [0.4, 0.5) is 0 Å². The van der Waals surface area contributed by atoms with Gasteiger partial charge in [-0.1, -0.05) is 84.9 Å². The highest BCUT2D eigenvalue weighted by Crippen LogP contribution is 2.31. The molecule has 1 nitrogen and oxygen atoms in total. The predicted octanol–water partition coefficient (Wildman–Crippen LogP) is 6.09. The Kier molecular flexibility index (Phi) is 3.99. The second-order valence-electron chi connectivity index (χ2n) is 5.83. The van der Waals surface area contributed by atoms with Gasteiger partial charge in [-0.15, -0.1) is 0 Å². The summed E-state index contributed by atoms with van der Waals surface area (Å²) in [4.78, 5) is 0. The Balaban J connectivity index is 1.65. The minimum absolute atomic E-state index is 0.588. The normalized spacial score (nSPS) is 10.7. The average Bonchev–Trinajstić information content (AvgIpc) is 2.67. The van der Waals surface area contributed by atoms with Crippen molar-refractivity contribution in [1.29, 1.82) is 0 Å². The zero-order valence-corrected chi connectivity index (χ0v) is 13.4. The van der Waals surface area contributed by atoms with Crippen LogP contribution in [0, 0.1) is 0 Å². The molecule has 0 aliphatic heterocycles. The molecule has 0 radical (unpaired) electrons. The third kappa shape index (κ3) is 3.02. The number of ether oxygens (including phenoxy) is 1. The predicted molar refractivity (Wildman–Crippen MR) is 100 cm³/mol. The van der Waals surface area contributed by atoms with Crippen molar-refractivity contribution in [2.24, 2.45) is 0 Å². The van der Waals surface area contributed by atoms with Crippen LogP contribution in [0.1, 0.15) is 5.56 Å². The molecule has 0 heterocycles. The van der Waals surface area contributed by atoms with Gasteiger partial charge in [-0.05, 0) is 39.6 Å². The Bertz CT molecular complexity index is 943. The van der Waals surface area contributed by atoms with Crippen molar-refractivity contribution in [3.05, 3.63) is 103 Å². The zero-order chi connectivity index (χ0) is 16.2. The second-order valence-corrected chi connectivity index (χ2v) is 5.83. The molecule has 0 saturated carbocycles. The van der Waals surface area contributed by atoms with Gasteiger partial charge < -0.3 is 4.74 Å². The van der Waals surface area contributed by atoms with Gasteiger partial charge in [0.15, 0.2) is 0 Å². The van der Waals surface area contributed by atoms with Gasteiger partial charge in [-0.25, -0.2) is 0 Å². The first-order chi connectivity index (χ1) is 11.9. The number of hydrogen-bond donors (Lipinski definition) is 0. The van der Waals surface area contributed by atoms with Crippen LogP contribution >= 0.6 is 0 Å². The minimum atomic E-state index is 0.588. The van der Waals surface area contributed by atoms with Gasteiger partial charge in [0.1, 0.15) is 12.4 Å². The van der Waals surface area contributed by atoms with Crippen LogP contribution in [-0.4, -0.2) is 0 Å². The Morgan fingerprint density at radius 1 is 0.625 bits per heavy atom. The van der Waals surface area contributed by atoms with Gasteiger partial charge >= 0.3 is 0 Å². The van der Waals surface area contributed by atoms with E-state index in [1.54, 1.807) is 0 Å². The fraction of sp³-hybridized carbons (Fsp3) is 0.0435. The Hall–Kier alpha value is -3.06. The molecule has 0 atom stereocenters. The lowest BCUT2D eigenvalue weighted by molar-refractivity contribution is 0.306. The van der Waals surface area contributed by atoms with Crippen molar-refractivity contribution in [3.8, 4) is 16.9 Å². The van der Waals surface area contributed by atoms with Crippen LogP contribution in [0.15, 0.2) is 97.1 Å². The van der Waals surface area contributed by atoms with E-state index in [1.165, 1.54) is 27.5 Å². The molecule has 4 rings (SSSR count). The lowest BCUT2D eigenvalue weighted by Gasteiger charge is -2.10. The first-order valence-corrected chi connectivity index (χ1v) is 8.15. The van der Waals surface area contributed by atoms with Crippen LogP contribution in [0.5, 0.6) is 5.75 Å². The number of benzene rings is 4. The lowest BCUT2D eigenvalue weighted by Crippen LogP contribution is -1.94. The van der Waals surface area contributed by atoms with Crippen molar-refractivity contribution >= 4 is 10.8 Å². The molecule has 4 aromatic rings. The van der Waals surface area contributed by atoms with E-state index in [0.29, 0.717) is 6.61 Å². The Morgan fingerprint density at radius 3 is 2.17 bits per heavy atom. The largest absolute Gasteiger partial charge is 0.489 e. The van der Waals surface area contributed by atoms with E-state index in [0.717, 1.165) is 5.75 Å². The molecular formula is C23H18O.